The number of nitrogens with one attached hydrogen (secondary N) is 2. The molecule has 1 aliphatic rings. The molecule has 1 aromatic heterocycles. The molecule has 0 bridgehead atoms. The van der Waals surface area contributed by atoms with Gasteiger partial charge in [0.25, 0.3) is 0 Å². The maximum Gasteiger partial charge on any atom is 0.216 e. The lowest BCUT2D eigenvalue weighted by Crippen LogP contribution is -2.48. The van der Waals surface area contributed by atoms with Crippen LogP contribution in [0.3, 0.4) is 0 Å². The van der Waals surface area contributed by atoms with E-state index in [1.165, 1.54) is 11.1 Å². The SMILES string of the molecule is CCNC(=NCc1ncc(C(C)(C)C)o1)NC1CCN(Cc2cccc(C)c2)CC1. The molecule has 1 aliphatic heterocycles. The zero-order valence-electron chi connectivity index (χ0n) is 19.2. The van der Waals surface area contributed by atoms with Crippen molar-refractivity contribution in [2.75, 3.05) is 19.6 Å². The van der Waals surface area contributed by atoms with Crippen LogP contribution in [0, 0.1) is 6.92 Å². The topological polar surface area (TPSA) is 65.7 Å². The van der Waals surface area contributed by atoms with E-state index in [-0.39, 0.29) is 5.41 Å². The van der Waals surface area contributed by atoms with E-state index in [9.17, 15) is 0 Å². The van der Waals surface area contributed by atoms with E-state index in [1.54, 1.807) is 0 Å². The number of aryl methyl sites for hydroxylation is 1. The number of rotatable bonds is 6. The van der Waals surface area contributed by atoms with Crippen molar-refractivity contribution in [3.63, 3.8) is 0 Å². The van der Waals surface area contributed by atoms with Crippen molar-refractivity contribution >= 4 is 5.96 Å². The molecule has 30 heavy (non-hydrogen) atoms. The number of aromatic nitrogens is 1. The van der Waals surface area contributed by atoms with Crippen LogP contribution >= 0.6 is 0 Å². The molecule has 0 atom stereocenters. The molecule has 0 amide bonds. The van der Waals surface area contributed by atoms with Crippen LogP contribution in [0.15, 0.2) is 39.9 Å². The van der Waals surface area contributed by atoms with Crippen LogP contribution in [0.5, 0.6) is 0 Å². The predicted octanol–water partition coefficient (Wildman–Crippen LogP) is 4.00. The Morgan fingerprint density at radius 1 is 1.27 bits per heavy atom. The maximum atomic E-state index is 5.87. The molecule has 3 rings (SSSR count). The lowest BCUT2D eigenvalue weighted by atomic mass is 9.94. The standard InChI is InChI=1S/C24H37N5O/c1-6-25-23(27-16-22-26-15-21(30-22)24(3,4)5)28-20-10-12-29(13-11-20)17-19-9-7-8-18(2)14-19/h7-9,14-15,20H,6,10-13,16-17H2,1-5H3,(H2,25,27,28). The van der Waals surface area contributed by atoms with E-state index in [2.05, 4.69) is 79.4 Å². The first-order valence-electron chi connectivity index (χ1n) is 11.1. The van der Waals surface area contributed by atoms with Crippen LogP contribution in [-0.2, 0) is 18.5 Å². The van der Waals surface area contributed by atoms with Crippen LogP contribution in [-0.4, -0.2) is 41.5 Å². The number of aliphatic imine (C=N–C) groups is 1. The summed E-state index contributed by atoms with van der Waals surface area (Å²) in [6, 6.07) is 9.25. The van der Waals surface area contributed by atoms with Crippen molar-refractivity contribution in [2.45, 2.75) is 72.0 Å². The summed E-state index contributed by atoms with van der Waals surface area (Å²) in [6.07, 6.45) is 4.04. The molecule has 1 aromatic carbocycles. The fraction of sp³-hybridized carbons (Fsp3) is 0.583. The highest BCUT2D eigenvalue weighted by atomic mass is 16.4. The molecule has 1 saturated heterocycles. The molecule has 6 nitrogen and oxygen atoms in total. The Kier molecular flexibility index (Phi) is 7.53. The number of piperidine rings is 1. The van der Waals surface area contributed by atoms with Gasteiger partial charge >= 0.3 is 0 Å². The molecule has 6 heteroatoms. The lowest BCUT2D eigenvalue weighted by molar-refractivity contribution is 0.198. The first-order valence-corrected chi connectivity index (χ1v) is 11.1. The number of hydrogen-bond donors (Lipinski definition) is 2. The smallest absolute Gasteiger partial charge is 0.216 e. The minimum atomic E-state index is -0.0376. The Morgan fingerprint density at radius 2 is 2.03 bits per heavy atom. The van der Waals surface area contributed by atoms with Gasteiger partial charge in [0.1, 0.15) is 12.3 Å². The Morgan fingerprint density at radius 3 is 2.67 bits per heavy atom. The van der Waals surface area contributed by atoms with Crippen LogP contribution in [0.1, 0.15) is 63.3 Å². The number of oxazole rings is 1. The fourth-order valence-corrected chi connectivity index (χ4v) is 3.69. The fourth-order valence-electron chi connectivity index (χ4n) is 3.69. The minimum absolute atomic E-state index is 0.0376. The van der Waals surface area contributed by atoms with Crippen molar-refractivity contribution in [2.24, 2.45) is 4.99 Å². The third-order valence-electron chi connectivity index (χ3n) is 5.43. The molecule has 2 N–H and O–H groups in total. The van der Waals surface area contributed by atoms with E-state index in [1.807, 2.05) is 6.20 Å². The van der Waals surface area contributed by atoms with E-state index < -0.39 is 0 Å². The van der Waals surface area contributed by atoms with Crippen molar-refractivity contribution in [3.05, 3.63) is 53.2 Å². The summed E-state index contributed by atoms with van der Waals surface area (Å²) in [5.74, 6) is 2.39. The molecule has 2 aromatic rings. The second-order valence-electron chi connectivity index (χ2n) is 9.25. The molecule has 2 heterocycles. The van der Waals surface area contributed by atoms with Gasteiger partial charge < -0.3 is 15.1 Å². The first kappa shape index (κ1) is 22.3. The molecule has 0 unspecified atom stereocenters. The second kappa shape index (κ2) is 10.1. The average Bonchev–Trinajstić information content (AvgIpc) is 3.17. The van der Waals surface area contributed by atoms with Crippen LogP contribution < -0.4 is 10.6 Å². The molecular formula is C24H37N5O. The number of hydrogen-bond acceptors (Lipinski definition) is 4. The van der Waals surface area contributed by atoms with Crippen molar-refractivity contribution in [1.82, 2.24) is 20.5 Å². The van der Waals surface area contributed by atoms with Crippen molar-refractivity contribution in [1.29, 1.82) is 0 Å². The van der Waals surface area contributed by atoms with E-state index in [0.29, 0.717) is 18.5 Å². The Labute approximate surface area is 181 Å². The van der Waals surface area contributed by atoms with Crippen LogP contribution in [0.4, 0.5) is 0 Å². The molecule has 0 radical (unpaired) electrons. The highest BCUT2D eigenvalue weighted by molar-refractivity contribution is 5.80. The van der Waals surface area contributed by atoms with E-state index in [4.69, 9.17) is 9.41 Å². The molecule has 164 valence electrons. The highest BCUT2D eigenvalue weighted by Crippen LogP contribution is 2.22. The number of benzene rings is 1. The van der Waals surface area contributed by atoms with Crippen LogP contribution in [0.2, 0.25) is 0 Å². The summed E-state index contributed by atoms with van der Waals surface area (Å²) in [6.45, 7) is 15.1. The normalized spacial score (nSPS) is 16.6. The molecular weight excluding hydrogens is 374 g/mol. The van der Waals surface area contributed by atoms with Gasteiger partial charge in [-0.1, -0.05) is 50.6 Å². The summed E-state index contributed by atoms with van der Waals surface area (Å²) in [7, 11) is 0. The summed E-state index contributed by atoms with van der Waals surface area (Å²) in [5, 5.41) is 6.95. The Bertz CT molecular complexity index is 828. The van der Waals surface area contributed by atoms with Crippen LogP contribution in [0.25, 0.3) is 0 Å². The number of guanidine groups is 1. The maximum absolute atomic E-state index is 5.87. The van der Waals surface area contributed by atoms with Gasteiger partial charge in [0.2, 0.25) is 5.89 Å². The predicted molar refractivity (Wildman–Crippen MR) is 123 cm³/mol. The first-order chi connectivity index (χ1) is 14.3. The van der Waals surface area contributed by atoms with Gasteiger partial charge in [-0.15, -0.1) is 0 Å². The van der Waals surface area contributed by atoms with Gasteiger partial charge in [-0.25, -0.2) is 9.98 Å². The van der Waals surface area contributed by atoms with E-state index >= 15 is 0 Å². The van der Waals surface area contributed by atoms with Gasteiger partial charge in [-0.05, 0) is 32.3 Å². The Balaban J connectivity index is 1.50. The summed E-state index contributed by atoms with van der Waals surface area (Å²) >= 11 is 0. The summed E-state index contributed by atoms with van der Waals surface area (Å²) in [5.41, 5.74) is 2.69. The average molecular weight is 412 g/mol. The van der Waals surface area contributed by atoms with Gasteiger partial charge in [0.05, 0.1) is 6.20 Å². The van der Waals surface area contributed by atoms with E-state index in [0.717, 1.165) is 50.7 Å². The van der Waals surface area contributed by atoms with Crippen molar-refractivity contribution in [3.8, 4) is 0 Å². The Hall–Kier alpha value is -2.34. The monoisotopic (exact) mass is 411 g/mol. The second-order valence-corrected chi connectivity index (χ2v) is 9.25. The third-order valence-corrected chi connectivity index (χ3v) is 5.43. The zero-order chi connectivity index (χ0) is 21.6. The molecule has 0 spiro atoms. The number of nitrogens with zero attached hydrogens (tertiary/aromatic N) is 3. The molecule has 1 fully saturated rings. The third kappa shape index (κ3) is 6.59. The van der Waals surface area contributed by atoms with Crippen molar-refractivity contribution < 1.29 is 4.42 Å². The summed E-state index contributed by atoms with van der Waals surface area (Å²) < 4.78 is 5.87. The quantitative estimate of drug-likeness (QED) is 0.556. The van der Waals surface area contributed by atoms with Gasteiger partial charge in [-0.3, -0.25) is 4.90 Å². The van der Waals surface area contributed by atoms with Gasteiger partial charge in [0, 0.05) is 37.6 Å². The minimum Gasteiger partial charge on any atom is -0.443 e. The van der Waals surface area contributed by atoms with Gasteiger partial charge in [0.15, 0.2) is 5.96 Å². The largest absolute Gasteiger partial charge is 0.443 e. The number of likely N-dealkylation sites (tertiary alicyclic amines) is 1. The lowest BCUT2D eigenvalue weighted by Gasteiger charge is -2.33. The highest BCUT2D eigenvalue weighted by Gasteiger charge is 2.21. The van der Waals surface area contributed by atoms with Gasteiger partial charge in [-0.2, -0.15) is 0 Å². The summed E-state index contributed by atoms with van der Waals surface area (Å²) in [4.78, 5) is 11.6. The molecule has 0 aliphatic carbocycles. The zero-order valence-corrected chi connectivity index (χ0v) is 19.2. The molecule has 0 saturated carbocycles.